The molecule has 4 rings (SSSR count). The third-order valence-corrected chi connectivity index (χ3v) is 5.61. The molecule has 0 spiro atoms. The van der Waals surface area contributed by atoms with Crippen LogP contribution in [0.4, 0.5) is 30.6 Å². The van der Waals surface area contributed by atoms with Gasteiger partial charge in [-0.25, -0.2) is 13.6 Å². The Labute approximate surface area is 202 Å². The van der Waals surface area contributed by atoms with E-state index < -0.39 is 17.7 Å². The fourth-order valence-electron chi connectivity index (χ4n) is 3.72. The lowest BCUT2D eigenvalue weighted by Crippen LogP contribution is -2.37. The maximum absolute atomic E-state index is 14.0. The fourth-order valence-corrected chi connectivity index (χ4v) is 3.72. The lowest BCUT2D eigenvalue weighted by atomic mass is 10.1. The summed E-state index contributed by atoms with van der Waals surface area (Å²) in [5, 5.41) is 7.87. The molecule has 9 heteroatoms. The van der Waals surface area contributed by atoms with Gasteiger partial charge in [0.1, 0.15) is 11.6 Å². The van der Waals surface area contributed by atoms with Crippen LogP contribution in [-0.4, -0.2) is 38.2 Å². The number of halogens is 2. The number of nitrogens with zero attached hydrogens (tertiary/aromatic N) is 1. The first-order valence-corrected chi connectivity index (χ1v) is 11.2. The van der Waals surface area contributed by atoms with Gasteiger partial charge in [0.2, 0.25) is 0 Å². The summed E-state index contributed by atoms with van der Waals surface area (Å²) in [6, 6.07) is 14.9. The first kappa shape index (κ1) is 24.2. The molecule has 0 aromatic heterocycles. The van der Waals surface area contributed by atoms with Crippen molar-refractivity contribution in [2.75, 3.05) is 41.8 Å². The average Bonchev–Trinajstić information content (AvgIpc) is 2.86. The van der Waals surface area contributed by atoms with Crippen molar-refractivity contribution in [2.45, 2.75) is 13.5 Å². The van der Waals surface area contributed by atoms with E-state index in [2.05, 4.69) is 16.0 Å². The first-order valence-electron chi connectivity index (χ1n) is 11.2. The highest BCUT2D eigenvalue weighted by Crippen LogP contribution is 2.29. The molecule has 0 bridgehead atoms. The van der Waals surface area contributed by atoms with Crippen LogP contribution in [0.3, 0.4) is 0 Å². The summed E-state index contributed by atoms with van der Waals surface area (Å²) in [5.41, 5.74) is 3.21. The van der Waals surface area contributed by atoms with Gasteiger partial charge in [0, 0.05) is 31.3 Å². The van der Waals surface area contributed by atoms with Gasteiger partial charge in [-0.05, 0) is 42.8 Å². The van der Waals surface area contributed by atoms with E-state index in [9.17, 15) is 18.4 Å². The van der Waals surface area contributed by atoms with Gasteiger partial charge in [-0.15, -0.1) is 0 Å². The summed E-state index contributed by atoms with van der Waals surface area (Å²) in [6.07, 6.45) is 0. The zero-order valence-corrected chi connectivity index (χ0v) is 19.2. The lowest BCUT2D eigenvalue weighted by Gasteiger charge is -2.30. The molecule has 3 aromatic carbocycles. The summed E-state index contributed by atoms with van der Waals surface area (Å²) in [4.78, 5) is 27.5. The van der Waals surface area contributed by atoms with Crippen molar-refractivity contribution >= 4 is 29.0 Å². The molecule has 182 valence electrons. The van der Waals surface area contributed by atoms with E-state index in [1.54, 1.807) is 18.2 Å². The summed E-state index contributed by atoms with van der Waals surface area (Å²) in [5.74, 6) is -1.75. The Morgan fingerprint density at radius 3 is 2.37 bits per heavy atom. The molecule has 3 amide bonds. The standard InChI is InChI=1S/C26H26F2N4O3/c1-17-2-4-18(5-3-17)16-29-25(33)19-6-9-24(32-10-12-35-13-11-32)23(14-19)31-26(34)30-22-15-20(27)7-8-21(22)28/h2-9,14-15H,10-13,16H2,1H3,(H,29,33)(H2,30,31,34). The number of urea groups is 1. The molecular formula is C26H26F2N4O3. The van der Waals surface area contributed by atoms with Crippen LogP contribution in [0.25, 0.3) is 0 Å². The predicted octanol–water partition coefficient (Wildman–Crippen LogP) is 4.68. The van der Waals surface area contributed by atoms with Crippen LogP contribution in [0, 0.1) is 18.6 Å². The summed E-state index contributed by atoms with van der Waals surface area (Å²) < 4.78 is 32.9. The van der Waals surface area contributed by atoms with Crippen molar-refractivity contribution in [2.24, 2.45) is 0 Å². The molecule has 0 radical (unpaired) electrons. The smallest absolute Gasteiger partial charge is 0.323 e. The SMILES string of the molecule is Cc1ccc(CNC(=O)c2ccc(N3CCOCC3)c(NC(=O)Nc3cc(F)ccc3F)c2)cc1. The number of morpholine rings is 1. The Hall–Kier alpha value is -3.98. The molecule has 1 aliphatic heterocycles. The van der Waals surface area contributed by atoms with Gasteiger partial charge in [0.15, 0.2) is 0 Å². The molecule has 1 fully saturated rings. The largest absolute Gasteiger partial charge is 0.378 e. The van der Waals surface area contributed by atoms with E-state index in [1.165, 1.54) is 0 Å². The highest BCUT2D eigenvalue weighted by molar-refractivity contribution is 6.04. The third kappa shape index (κ3) is 6.33. The minimum atomic E-state index is -0.765. The van der Waals surface area contributed by atoms with Crippen LogP contribution >= 0.6 is 0 Å². The number of ether oxygens (including phenoxy) is 1. The van der Waals surface area contributed by atoms with E-state index in [-0.39, 0.29) is 11.6 Å². The Morgan fingerprint density at radius 1 is 0.914 bits per heavy atom. The van der Waals surface area contributed by atoms with Crippen LogP contribution < -0.4 is 20.9 Å². The molecule has 1 aliphatic rings. The highest BCUT2D eigenvalue weighted by atomic mass is 19.1. The van der Waals surface area contributed by atoms with Gasteiger partial charge in [-0.2, -0.15) is 0 Å². The van der Waals surface area contributed by atoms with Crippen molar-refractivity contribution in [3.63, 3.8) is 0 Å². The van der Waals surface area contributed by atoms with E-state index >= 15 is 0 Å². The van der Waals surface area contributed by atoms with Crippen LogP contribution in [0.5, 0.6) is 0 Å². The molecule has 7 nitrogen and oxygen atoms in total. The van der Waals surface area contributed by atoms with Gasteiger partial charge >= 0.3 is 6.03 Å². The number of carbonyl (C=O) groups is 2. The Bertz CT molecular complexity index is 1210. The number of amides is 3. The lowest BCUT2D eigenvalue weighted by molar-refractivity contribution is 0.0951. The topological polar surface area (TPSA) is 82.7 Å². The maximum atomic E-state index is 14.0. The second-order valence-electron chi connectivity index (χ2n) is 8.20. The molecule has 0 atom stereocenters. The van der Waals surface area contributed by atoms with Gasteiger partial charge in [0.05, 0.1) is 30.3 Å². The summed E-state index contributed by atoms with van der Waals surface area (Å²) in [6.45, 7) is 4.61. The summed E-state index contributed by atoms with van der Waals surface area (Å²) >= 11 is 0. The van der Waals surface area contributed by atoms with E-state index in [0.717, 1.165) is 29.3 Å². The van der Waals surface area contributed by atoms with Crippen LogP contribution in [0.15, 0.2) is 60.7 Å². The third-order valence-electron chi connectivity index (χ3n) is 5.61. The summed E-state index contributed by atoms with van der Waals surface area (Å²) in [7, 11) is 0. The zero-order chi connectivity index (χ0) is 24.8. The van der Waals surface area contributed by atoms with E-state index in [1.807, 2.05) is 36.1 Å². The molecule has 3 aromatic rings. The van der Waals surface area contributed by atoms with Gasteiger partial charge in [0.25, 0.3) is 5.91 Å². The number of nitrogens with one attached hydrogen (secondary N) is 3. The maximum Gasteiger partial charge on any atom is 0.323 e. The van der Waals surface area contributed by atoms with Crippen LogP contribution in [0.1, 0.15) is 21.5 Å². The molecule has 1 heterocycles. The molecule has 0 saturated carbocycles. The highest BCUT2D eigenvalue weighted by Gasteiger charge is 2.19. The Morgan fingerprint density at radius 2 is 1.63 bits per heavy atom. The van der Waals surface area contributed by atoms with Crippen molar-refractivity contribution in [1.82, 2.24) is 5.32 Å². The quantitative estimate of drug-likeness (QED) is 0.478. The number of carbonyl (C=O) groups excluding carboxylic acids is 2. The van der Waals surface area contributed by atoms with Gasteiger partial charge in [-0.3, -0.25) is 4.79 Å². The first-order chi connectivity index (χ1) is 16.9. The number of rotatable bonds is 6. The second kappa shape index (κ2) is 11.0. The van der Waals surface area contributed by atoms with E-state index in [4.69, 9.17) is 4.74 Å². The molecule has 3 N–H and O–H groups in total. The zero-order valence-electron chi connectivity index (χ0n) is 19.2. The van der Waals surface area contributed by atoms with Crippen LogP contribution in [-0.2, 0) is 11.3 Å². The Balaban J connectivity index is 1.53. The normalized spacial score (nSPS) is 13.3. The number of hydrogen-bond donors (Lipinski definition) is 3. The van der Waals surface area contributed by atoms with Crippen molar-refractivity contribution in [1.29, 1.82) is 0 Å². The molecule has 0 aliphatic carbocycles. The fraction of sp³-hybridized carbons (Fsp3) is 0.231. The molecule has 35 heavy (non-hydrogen) atoms. The number of aryl methyl sites for hydroxylation is 1. The van der Waals surface area contributed by atoms with Gasteiger partial charge in [-0.1, -0.05) is 29.8 Å². The van der Waals surface area contributed by atoms with Crippen LogP contribution in [0.2, 0.25) is 0 Å². The second-order valence-corrected chi connectivity index (χ2v) is 8.20. The average molecular weight is 481 g/mol. The van der Waals surface area contributed by atoms with E-state index in [0.29, 0.717) is 49.8 Å². The number of benzene rings is 3. The van der Waals surface area contributed by atoms with Crippen molar-refractivity contribution in [3.8, 4) is 0 Å². The van der Waals surface area contributed by atoms with Gasteiger partial charge < -0.3 is 25.6 Å². The minimum Gasteiger partial charge on any atom is -0.378 e. The molecular weight excluding hydrogens is 454 g/mol. The number of anilines is 3. The van der Waals surface area contributed by atoms with Crippen molar-refractivity contribution in [3.05, 3.63) is 89.0 Å². The predicted molar refractivity (Wildman–Crippen MR) is 131 cm³/mol. The molecule has 1 saturated heterocycles. The van der Waals surface area contributed by atoms with Crippen molar-refractivity contribution < 1.29 is 23.1 Å². The Kier molecular flexibility index (Phi) is 7.57. The minimum absolute atomic E-state index is 0.289. The monoisotopic (exact) mass is 480 g/mol. The number of hydrogen-bond acceptors (Lipinski definition) is 4. The molecule has 0 unspecified atom stereocenters.